The van der Waals surface area contributed by atoms with Gasteiger partial charge in [0.2, 0.25) is 0 Å². The quantitative estimate of drug-likeness (QED) is 0.769. The minimum Gasteiger partial charge on any atom is -0.490 e. The summed E-state index contributed by atoms with van der Waals surface area (Å²) in [7, 11) is 0. The highest BCUT2D eigenvalue weighted by atomic mass is 16.5. The van der Waals surface area contributed by atoms with Crippen molar-refractivity contribution in [2.45, 2.75) is 38.2 Å². The Balaban J connectivity index is 1.85. The van der Waals surface area contributed by atoms with Crippen LogP contribution in [0.15, 0.2) is 40.8 Å². The highest BCUT2D eigenvalue weighted by molar-refractivity contribution is 5.74. The number of rotatable bonds is 4. The Hall–Kier alpha value is -2.03. The van der Waals surface area contributed by atoms with Crippen molar-refractivity contribution in [1.82, 2.24) is 0 Å². The van der Waals surface area contributed by atoms with Gasteiger partial charge in [-0.15, -0.1) is 0 Å². The summed E-state index contributed by atoms with van der Waals surface area (Å²) in [6.07, 6.45) is 7.03. The number of aldehydes is 1. The number of ether oxygens (including phenoxy) is 1. The van der Waals surface area contributed by atoms with Gasteiger partial charge >= 0.3 is 0 Å². The number of hydrogen-bond acceptors (Lipinski definition) is 3. The van der Waals surface area contributed by atoms with E-state index in [4.69, 9.17) is 9.15 Å². The smallest absolute Gasteiger partial charge is 0.185 e. The van der Waals surface area contributed by atoms with Gasteiger partial charge in [0, 0.05) is 0 Å². The average molecular weight is 270 g/mol. The van der Waals surface area contributed by atoms with Crippen LogP contribution in [-0.4, -0.2) is 12.4 Å². The molecule has 1 aromatic heterocycles. The van der Waals surface area contributed by atoms with Gasteiger partial charge in [0.15, 0.2) is 12.0 Å². The molecule has 20 heavy (non-hydrogen) atoms. The Kier molecular flexibility index (Phi) is 3.86. The minimum absolute atomic E-state index is 0.297. The molecule has 0 saturated heterocycles. The van der Waals surface area contributed by atoms with Crippen molar-refractivity contribution >= 4 is 6.29 Å². The molecule has 1 fully saturated rings. The van der Waals surface area contributed by atoms with Crippen LogP contribution in [0, 0.1) is 0 Å². The van der Waals surface area contributed by atoms with E-state index in [1.54, 1.807) is 6.07 Å². The van der Waals surface area contributed by atoms with Crippen LogP contribution in [0.2, 0.25) is 0 Å². The summed E-state index contributed by atoms with van der Waals surface area (Å²) >= 11 is 0. The van der Waals surface area contributed by atoms with Crippen LogP contribution < -0.4 is 4.74 Å². The van der Waals surface area contributed by atoms with Crippen LogP contribution in [0.3, 0.4) is 0 Å². The van der Waals surface area contributed by atoms with E-state index in [0.717, 1.165) is 24.2 Å². The molecule has 1 aliphatic carbocycles. The number of furan rings is 1. The normalized spacial score (nSPS) is 16.0. The molecule has 0 N–H and O–H groups in total. The first kappa shape index (κ1) is 13.0. The maximum absolute atomic E-state index is 10.7. The summed E-state index contributed by atoms with van der Waals surface area (Å²) in [6.45, 7) is 0. The summed E-state index contributed by atoms with van der Waals surface area (Å²) in [5, 5.41) is 0. The van der Waals surface area contributed by atoms with Gasteiger partial charge in [-0.05, 0) is 49.9 Å². The van der Waals surface area contributed by atoms with Gasteiger partial charge in [0.1, 0.15) is 11.5 Å². The van der Waals surface area contributed by atoms with Gasteiger partial charge in [-0.2, -0.15) is 0 Å². The summed E-state index contributed by atoms with van der Waals surface area (Å²) in [5.74, 6) is 1.86. The standard InChI is InChI=1S/C17H18O3/c18-12-14-10-11-17(20-14)15-8-4-5-9-16(15)19-13-6-2-1-3-7-13/h4-5,8-13H,1-3,6-7H2. The van der Waals surface area contributed by atoms with Crippen molar-refractivity contribution in [2.24, 2.45) is 0 Å². The molecule has 3 rings (SSSR count). The Morgan fingerprint density at radius 2 is 1.85 bits per heavy atom. The van der Waals surface area contributed by atoms with E-state index < -0.39 is 0 Å². The predicted octanol–water partition coefficient (Wildman–Crippen LogP) is 4.47. The van der Waals surface area contributed by atoms with E-state index in [-0.39, 0.29) is 0 Å². The molecule has 0 spiro atoms. The first-order valence-electron chi connectivity index (χ1n) is 7.18. The van der Waals surface area contributed by atoms with Gasteiger partial charge in [0.05, 0.1) is 11.7 Å². The molecule has 0 radical (unpaired) electrons. The molecule has 3 nitrogen and oxygen atoms in total. The number of carbonyl (C=O) groups is 1. The lowest BCUT2D eigenvalue weighted by atomic mass is 9.97. The van der Waals surface area contributed by atoms with Crippen LogP contribution in [0.5, 0.6) is 5.75 Å². The molecule has 0 unspecified atom stereocenters. The van der Waals surface area contributed by atoms with Gasteiger partial charge in [-0.1, -0.05) is 18.6 Å². The zero-order valence-corrected chi connectivity index (χ0v) is 11.4. The maximum Gasteiger partial charge on any atom is 0.185 e. The van der Waals surface area contributed by atoms with E-state index in [1.807, 2.05) is 30.3 Å². The first-order chi connectivity index (χ1) is 9.86. The van der Waals surface area contributed by atoms with Crippen molar-refractivity contribution in [2.75, 3.05) is 0 Å². The lowest BCUT2D eigenvalue weighted by Crippen LogP contribution is -2.19. The topological polar surface area (TPSA) is 39.4 Å². The molecule has 0 bridgehead atoms. The number of carbonyl (C=O) groups excluding carboxylic acids is 1. The molecule has 1 aromatic carbocycles. The van der Waals surface area contributed by atoms with E-state index >= 15 is 0 Å². The maximum atomic E-state index is 10.7. The first-order valence-corrected chi connectivity index (χ1v) is 7.18. The second-order valence-corrected chi connectivity index (χ2v) is 5.19. The van der Waals surface area contributed by atoms with Gasteiger partial charge < -0.3 is 9.15 Å². The third kappa shape index (κ3) is 2.77. The Morgan fingerprint density at radius 3 is 2.60 bits per heavy atom. The van der Waals surface area contributed by atoms with Crippen molar-refractivity contribution in [3.8, 4) is 17.1 Å². The van der Waals surface area contributed by atoms with Crippen molar-refractivity contribution < 1.29 is 13.9 Å². The molecule has 0 amide bonds. The Bertz CT molecular complexity index is 579. The van der Waals surface area contributed by atoms with Crippen molar-refractivity contribution in [3.05, 3.63) is 42.2 Å². The predicted molar refractivity (Wildman–Crippen MR) is 77.0 cm³/mol. The summed E-state index contributed by atoms with van der Waals surface area (Å²) in [5.41, 5.74) is 0.908. The SMILES string of the molecule is O=Cc1ccc(-c2ccccc2OC2CCCCC2)o1. The fraction of sp³-hybridized carbons (Fsp3) is 0.353. The highest BCUT2D eigenvalue weighted by Crippen LogP contribution is 2.33. The molecule has 3 heteroatoms. The Morgan fingerprint density at radius 1 is 1.05 bits per heavy atom. The van der Waals surface area contributed by atoms with Crippen molar-refractivity contribution in [1.29, 1.82) is 0 Å². The number of para-hydroxylation sites is 1. The molecule has 1 aliphatic rings. The number of benzene rings is 1. The van der Waals surface area contributed by atoms with Gasteiger partial charge in [-0.3, -0.25) is 4.79 Å². The fourth-order valence-electron chi connectivity index (χ4n) is 2.70. The molecule has 0 aliphatic heterocycles. The van der Waals surface area contributed by atoms with Crippen LogP contribution >= 0.6 is 0 Å². The fourth-order valence-corrected chi connectivity index (χ4v) is 2.70. The summed E-state index contributed by atoms with van der Waals surface area (Å²) < 4.78 is 11.6. The van der Waals surface area contributed by atoms with Crippen LogP contribution in [0.4, 0.5) is 0 Å². The average Bonchev–Trinajstić information content (AvgIpc) is 2.98. The van der Waals surface area contributed by atoms with Crippen LogP contribution in [0.1, 0.15) is 42.7 Å². The van der Waals surface area contributed by atoms with Crippen LogP contribution in [0.25, 0.3) is 11.3 Å². The second-order valence-electron chi connectivity index (χ2n) is 5.19. The number of hydrogen-bond donors (Lipinski definition) is 0. The third-order valence-electron chi connectivity index (χ3n) is 3.74. The van der Waals surface area contributed by atoms with Gasteiger partial charge in [0.25, 0.3) is 0 Å². The van der Waals surface area contributed by atoms with E-state index in [9.17, 15) is 4.79 Å². The van der Waals surface area contributed by atoms with Crippen molar-refractivity contribution in [3.63, 3.8) is 0 Å². The van der Waals surface area contributed by atoms with E-state index in [1.165, 1.54) is 19.3 Å². The lowest BCUT2D eigenvalue weighted by Gasteiger charge is -2.24. The molecule has 2 aromatic rings. The second kappa shape index (κ2) is 5.95. The van der Waals surface area contributed by atoms with E-state index in [2.05, 4.69) is 0 Å². The molecule has 1 saturated carbocycles. The zero-order chi connectivity index (χ0) is 13.8. The third-order valence-corrected chi connectivity index (χ3v) is 3.74. The molecule has 0 atom stereocenters. The van der Waals surface area contributed by atoms with Gasteiger partial charge in [-0.25, -0.2) is 0 Å². The molecular weight excluding hydrogens is 252 g/mol. The molecule has 1 heterocycles. The summed E-state index contributed by atoms with van der Waals surface area (Å²) in [6, 6.07) is 11.3. The van der Waals surface area contributed by atoms with E-state index in [0.29, 0.717) is 23.9 Å². The molecule has 104 valence electrons. The lowest BCUT2D eigenvalue weighted by molar-refractivity contribution is 0.110. The monoisotopic (exact) mass is 270 g/mol. The zero-order valence-electron chi connectivity index (χ0n) is 11.4. The minimum atomic E-state index is 0.297. The Labute approximate surface area is 118 Å². The largest absolute Gasteiger partial charge is 0.490 e. The summed E-state index contributed by atoms with van der Waals surface area (Å²) in [4.78, 5) is 10.7. The highest BCUT2D eigenvalue weighted by Gasteiger charge is 2.17. The van der Waals surface area contributed by atoms with Crippen LogP contribution in [-0.2, 0) is 0 Å². The molecular formula is C17H18O3.